The summed E-state index contributed by atoms with van der Waals surface area (Å²) in [6.07, 6.45) is 0. The third-order valence-corrected chi connectivity index (χ3v) is 5.58. The molecule has 3 rings (SSSR count). The topological polar surface area (TPSA) is 136 Å². The Morgan fingerprint density at radius 2 is 1.76 bits per heavy atom. The van der Waals surface area contributed by atoms with E-state index in [4.69, 9.17) is 27.9 Å². The quantitative estimate of drug-likeness (QED) is 0.520. The number of phenolic OH excluding ortho intramolecular Hbond substituents is 1. The van der Waals surface area contributed by atoms with E-state index in [1.807, 2.05) is 0 Å². The van der Waals surface area contributed by atoms with Crippen LogP contribution in [0.25, 0.3) is 0 Å². The molecule has 0 spiro atoms. The predicted octanol–water partition coefficient (Wildman–Crippen LogP) is 2.30. The number of amides is 3. The molecule has 2 aromatic rings. The van der Waals surface area contributed by atoms with Gasteiger partial charge in [-0.2, -0.15) is 0 Å². The molecule has 1 aliphatic heterocycles. The van der Waals surface area contributed by atoms with Gasteiger partial charge < -0.3 is 25.2 Å². The molecule has 1 aliphatic rings. The summed E-state index contributed by atoms with van der Waals surface area (Å²) >= 11 is 11.8. The molecule has 0 aliphatic carbocycles. The molecule has 0 radical (unpaired) electrons. The van der Waals surface area contributed by atoms with E-state index in [1.54, 1.807) is 25.1 Å². The van der Waals surface area contributed by atoms with Gasteiger partial charge in [0.1, 0.15) is 19.2 Å². The highest BCUT2D eigenvalue weighted by atomic mass is 35.5. The molecule has 34 heavy (non-hydrogen) atoms. The average Bonchev–Trinajstić information content (AvgIpc) is 2.91. The molecule has 0 bridgehead atoms. The number of nitrogens with one attached hydrogen (secondary N) is 1. The fraction of sp³-hybridized carbons (Fsp3) is 0.273. The van der Waals surface area contributed by atoms with Crippen LogP contribution in [0, 0.1) is 0 Å². The number of rotatable bonds is 7. The first kappa shape index (κ1) is 25.3. The number of carbonyl (C=O) groups excluding carboxylic acids is 3. The Balaban J connectivity index is 2.01. The molecule has 1 heterocycles. The van der Waals surface area contributed by atoms with Crippen LogP contribution in [0.1, 0.15) is 17.3 Å². The van der Waals surface area contributed by atoms with Crippen LogP contribution in [0.5, 0.6) is 5.75 Å². The minimum Gasteiger partial charge on any atom is -0.505 e. The normalized spacial score (nSPS) is 15.5. The van der Waals surface area contributed by atoms with Crippen molar-refractivity contribution in [3.63, 3.8) is 0 Å². The van der Waals surface area contributed by atoms with Crippen LogP contribution in [-0.2, 0) is 19.1 Å². The molecule has 1 atom stereocenters. The van der Waals surface area contributed by atoms with E-state index in [0.717, 1.165) is 4.90 Å². The lowest BCUT2D eigenvalue weighted by Gasteiger charge is -2.25. The first-order chi connectivity index (χ1) is 16.1. The van der Waals surface area contributed by atoms with Crippen molar-refractivity contribution < 1.29 is 34.1 Å². The molecule has 0 unspecified atom stereocenters. The van der Waals surface area contributed by atoms with Crippen molar-refractivity contribution in [2.24, 2.45) is 0 Å². The van der Waals surface area contributed by atoms with Crippen LogP contribution in [0.4, 0.5) is 11.4 Å². The number of hydrogen-bond acceptors (Lipinski definition) is 6. The minimum atomic E-state index is -1.31. The third kappa shape index (κ3) is 5.41. The third-order valence-electron chi connectivity index (χ3n) is 5.00. The van der Waals surface area contributed by atoms with E-state index in [1.165, 1.54) is 23.1 Å². The van der Waals surface area contributed by atoms with Crippen molar-refractivity contribution >= 4 is 58.3 Å². The van der Waals surface area contributed by atoms with E-state index in [9.17, 15) is 29.4 Å². The Morgan fingerprint density at radius 1 is 1.15 bits per heavy atom. The first-order valence-corrected chi connectivity index (χ1v) is 10.9. The summed E-state index contributed by atoms with van der Waals surface area (Å²) in [4.78, 5) is 53.0. The zero-order chi connectivity index (χ0) is 25.0. The van der Waals surface area contributed by atoms with E-state index in [-0.39, 0.29) is 41.1 Å². The number of carbonyl (C=O) groups is 4. The number of nitrogens with zero attached hydrogens (tertiary/aromatic N) is 2. The second-order valence-electron chi connectivity index (χ2n) is 7.26. The zero-order valence-corrected chi connectivity index (χ0v) is 19.5. The maximum absolute atomic E-state index is 13.4. The highest BCUT2D eigenvalue weighted by Crippen LogP contribution is 2.34. The van der Waals surface area contributed by atoms with E-state index >= 15 is 0 Å². The Kier molecular flexibility index (Phi) is 7.98. The summed E-state index contributed by atoms with van der Waals surface area (Å²) in [5.41, 5.74) is 0.459. The largest absolute Gasteiger partial charge is 0.505 e. The molecular weight excluding hydrogens is 489 g/mol. The summed E-state index contributed by atoms with van der Waals surface area (Å²) in [6, 6.07) is 7.36. The lowest BCUT2D eigenvalue weighted by atomic mass is 10.1. The number of benzene rings is 2. The molecule has 12 heteroatoms. The van der Waals surface area contributed by atoms with Gasteiger partial charge in [-0.3, -0.25) is 24.1 Å². The van der Waals surface area contributed by atoms with Crippen LogP contribution in [0.3, 0.4) is 0 Å². The molecule has 0 aromatic heterocycles. The Labute approximate surface area is 204 Å². The average molecular weight is 510 g/mol. The number of anilines is 2. The number of hydrogen-bond donors (Lipinski definition) is 3. The molecule has 180 valence electrons. The van der Waals surface area contributed by atoms with Crippen LogP contribution < -0.4 is 15.1 Å². The van der Waals surface area contributed by atoms with Gasteiger partial charge in [-0.25, -0.2) is 0 Å². The van der Waals surface area contributed by atoms with E-state index in [2.05, 4.69) is 5.32 Å². The summed E-state index contributed by atoms with van der Waals surface area (Å²) in [6.45, 7) is 0.768. The molecule has 0 saturated heterocycles. The van der Waals surface area contributed by atoms with Crippen LogP contribution >= 0.6 is 23.2 Å². The number of fused-ring (bicyclic) bond motifs is 1. The SMILES string of the molecule is CCOCC(=O)N1C[C@H](NC(=O)c2cc(Cl)c(O)c(Cl)c2)C(=O)N(CC(=O)O)c2ccccc21. The van der Waals surface area contributed by atoms with Crippen LogP contribution in [0.15, 0.2) is 36.4 Å². The van der Waals surface area contributed by atoms with Gasteiger partial charge in [0.2, 0.25) is 0 Å². The van der Waals surface area contributed by atoms with Crippen molar-refractivity contribution in [2.75, 3.05) is 36.1 Å². The van der Waals surface area contributed by atoms with Crippen molar-refractivity contribution in [3.8, 4) is 5.75 Å². The molecule has 2 aromatic carbocycles. The van der Waals surface area contributed by atoms with Gasteiger partial charge >= 0.3 is 5.97 Å². The highest BCUT2D eigenvalue weighted by Gasteiger charge is 2.37. The first-order valence-electron chi connectivity index (χ1n) is 10.1. The molecule has 3 N–H and O–H groups in total. The van der Waals surface area contributed by atoms with Gasteiger partial charge in [-0.1, -0.05) is 35.3 Å². The zero-order valence-electron chi connectivity index (χ0n) is 18.0. The molecule has 3 amide bonds. The molecular formula is C22H21Cl2N3O7. The Bertz CT molecular complexity index is 1120. The summed E-state index contributed by atoms with van der Waals surface area (Å²) in [7, 11) is 0. The van der Waals surface area contributed by atoms with E-state index < -0.39 is 42.0 Å². The van der Waals surface area contributed by atoms with Crippen molar-refractivity contribution in [3.05, 3.63) is 52.0 Å². The van der Waals surface area contributed by atoms with Gasteiger partial charge in [0.25, 0.3) is 17.7 Å². The number of ether oxygens (including phenoxy) is 1. The number of aromatic hydroxyl groups is 1. The van der Waals surface area contributed by atoms with Gasteiger partial charge in [-0.15, -0.1) is 0 Å². The molecule has 0 saturated carbocycles. The van der Waals surface area contributed by atoms with Crippen LogP contribution in [-0.4, -0.2) is 66.2 Å². The minimum absolute atomic E-state index is 0.0423. The van der Waals surface area contributed by atoms with E-state index in [0.29, 0.717) is 5.69 Å². The maximum atomic E-state index is 13.4. The summed E-state index contributed by atoms with van der Waals surface area (Å²) in [5.74, 6) is -3.65. The molecule has 10 nitrogen and oxygen atoms in total. The standard InChI is InChI=1S/C22H21Cl2N3O7/c1-2-34-11-18(28)26-9-15(25-21(32)12-7-13(23)20(31)14(24)8-12)22(33)27(10-19(29)30)17-6-4-3-5-16(17)26/h3-8,15,31H,2,9-11H2,1H3,(H,25,32)(H,29,30)/t15-/m0/s1. The highest BCUT2D eigenvalue weighted by molar-refractivity contribution is 6.37. The second kappa shape index (κ2) is 10.7. The number of aliphatic carboxylic acids is 1. The van der Waals surface area contributed by atoms with Gasteiger partial charge in [0.05, 0.1) is 28.0 Å². The monoisotopic (exact) mass is 509 g/mol. The summed E-state index contributed by atoms with van der Waals surface area (Å²) < 4.78 is 5.22. The smallest absolute Gasteiger partial charge is 0.323 e. The fourth-order valence-corrected chi connectivity index (χ4v) is 3.92. The maximum Gasteiger partial charge on any atom is 0.323 e. The van der Waals surface area contributed by atoms with Crippen molar-refractivity contribution in [1.82, 2.24) is 5.32 Å². The van der Waals surface area contributed by atoms with Gasteiger partial charge in [-0.05, 0) is 31.2 Å². The Morgan fingerprint density at radius 3 is 2.35 bits per heavy atom. The number of halogens is 2. The predicted molar refractivity (Wildman–Crippen MR) is 125 cm³/mol. The van der Waals surface area contributed by atoms with Gasteiger partial charge in [0.15, 0.2) is 5.75 Å². The van der Waals surface area contributed by atoms with Crippen molar-refractivity contribution in [2.45, 2.75) is 13.0 Å². The fourth-order valence-electron chi connectivity index (χ4n) is 3.43. The number of carboxylic acid groups (broad SMARTS) is 1. The summed E-state index contributed by atoms with van der Waals surface area (Å²) in [5, 5.41) is 21.3. The number of para-hydroxylation sites is 2. The second-order valence-corrected chi connectivity index (χ2v) is 8.08. The Hall–Kier alpha value is -3.34. The number of carboxylic acids is 1. The van der Waals surface area contributed by atoms with Crippen molar-refractivity contribution in [1.29, 1.82) is 0 Å². The lowest BCUT2D eigenvalue weighted by molar-refractivity contribution is -0.136. The lowest BCUT2D eigenvalue weighted by Crippen LogP contribution is -2.54. The van der Waals surface area contributed by atoms with Crippen LogP contribution in [0.2, 0.25) is 10.0 Å². The number of phenols is 1. The van der Waals surface area contributed by atoms with Gasteiger partial charge in [0, 0.05) is 12.2 Å². The molecule has 0 fully saturated rings.